The van der Waals surface area contributed by atoms with Gasteiger partial charge in [0.15, 0.2) is 5.65 Å². The van der Waals surface area contributed by atoms with Gasteiger partial charge in [0.2, 0.25) is 14.9 Å². The van der Waals surface area contributed by atoms with Gasteiger partial charge in [0.25, 0.3) is 0 Å². The number of nitrogens with zero attached hydrogens (tertiary/aromatic N) is 4. The van der Waals surface area contributed by atoms with E-state index in [9.17, 15) is 8.42 Å². The van der Waals surface area contributed by atoms with E-state index in [1.807, 2.05) is 13.8 Å². The highest BCUT2D eigenvalue weighted by Gasteiger charge is 2.29. The molecule has 5 rings (SSSR count). The standard InChI is InChI=1S/C20H18ClN5O2S/c1-11-3-7-15(9-12(11)2)29(27,28)20-19-23-18(22-14-5-6-14)16-10-13(21)4-8-17(16)26(19)25-24-20/h3-4,7-10,14H,5-6H2,1-2H3,(H,22,23). The Morgan fingerprint density at radius 2 is 1.90 bits per heavy atom. The summed E-state index contributed by atoms with van der Waals surface area (Å²) in [6.07, 6.45) is 2.11. The zero-order valence-corrected chi connectivity index (χ0v) is 17.4. The number of sulfone groups is 1. The van der Waals surface area contributed by atoms with Crippen LogP contribution in [0.3, 0.4) is 0 Å². The lowest BCUT2D eigenvalue weighted by molar-refractivity contribution is 0.592. The molecule has 2 aromatic carbocycles. The topological polar surface area (TPSA) is 89.2 Å². The van der Waals surface area contributed by atoms with Crippen LogP contribution in [0, 0.1) is 13.8 Å². The molecule has 1 aliphatic rings. The van der Waals surface area contributed by atoms with Gasteiger partial charge in [0.1, 0.15) is 5.82 Å². The van der Waals surface area contributed by atoms with E-state index in [1.54, 1.807) is 36.4 Å². The maximum absolute atomic E-state index is 13.3. The van der Waals surface area contributed by atoms with E-state index in [1.165, 1.54) is 4.52 Å². The highest BCUT2D eigenvalue weighted by Crippen LogP contribution is 2.32. The Labute approximate surface area is 172 Å². The summed E-state index contributed by atoms with van der Waals surface area (Å²) in [5.74, 6) is 0.594. The number of nitrogens with one attached hydrogen (secondary N) is 1. The summed E-state index contributed by atoms with van der Waals surface area (Å²) in [4.78, 5) is 4.78. The molecule has 2 aromatic heterocycles. The SMILES string of the molecule is Cc1ccc(S(=O)(=O)c2nnn3c2nc(NC2CC2)c2cc(Cl)ccc23)cc1C. The number of aromatic nitrogens is 4. The number of halogens is 1. The monoisotopic (exact) mass is 427 g/mol. The van der Waals surface area contributed by atoms with Crippen molar-refractivity contribution in [1.82, 2.24) is 19.8 Å². The molecule has 1 fully saturated rings. The molecule has 0 aliphatic heterocycles. The van der Waals surface area contributed by atoms with Crippen LogP contribution in [0.25, 0.3) is 16.6 Å². The Balaban J connectivity index is 1.77. The average Bonchev–Trinajstić information content (AvgIpc) is 3.39. The van der Waals surface area contributed by atoms with Crippen LogP contribution in [-0.2, 0) is 9.84 Å². The van der Waals surface area contributed by atoms with Crippen LogP contribution in [0.15, 0.2) is 46.3 Å². The van der Waals surface area contributed by atoms with Gasteiger partial charge in [-0.25, -0.2) is 13.4 Å². The largest absolute Gasteiger partial charge is 0.367 e. The van der Waals surface area contributed by atoms with Crippen LogP contribution in [-0.4, -0.2) is 34.3 Å². The predicted octanol–water partition coefficient (Wildman–Crippen LogP) is 3.95. The molecule has 0 bridgehead atoms. The van der Waals surface area contributed by atoms with Gasteiger partial charge in [-0.05, 0) is 68.1 Å². The van der Waals surface area contributed by atoms with Crippen molar-refractivity contribution < 1.29 is 8.42 Å². The van der Waals surface area contributed by atoms with Gasteiger partial charge < -0.3 is 5.32 Å². The van der Waals surface area contributed by atoms with Crippen LogP contribution in [0.4, 0.5) is 5.82 Å². The van der Waals surface area contributed by atoms with Crippen molar-refractivity contribution in [1.29, 1.82) is 0 Å². The van der Waals surface area contributed by atoms with E-state index in [-0.39, 0.29) is 15.6 Å². The molecule has 0 saturated heterocycles. The Bertz CT molecular complexity index is 1390. The highest BCUT2D eigenvalue weighted by atomic mass is 35.5. The minimum absolute atomic E-state index is 0.156. The van der Waals surface area contributed by atoms with Crippen LogP contribution in [0.2, 0.25) is 5.02 Å². The molecule has 9 heteroatoms. The summed E-state index contributed by atoms with van der Waals surface area (Å²) in [6.45, 7) is 3.82. The second-order valence-electron chi connectivity index (χ2n) is 7.42. The number of rotatable bonds is 4. The van der Waals surface area contributed by atoms with Crippen LogP contribution in [0.1, 0.15) is 24.0 Å². The molecule has 1 aliphatic carbocycles. The third-order valence-corrected chi connectivity index (χ3v) is 7.12. The molecular formula is C20H18ClN5O2S. The summed E-state index contributed by atoms with van der Waals surface area (Å²) in [5.41, 5.74) is 2.80. The molecule has 0 radical (unpaired) electrons. The molecule has 0 unspecified atom stereocenters. The first-order valence-corrected chi connectivity index (χ1v) is 11.1. The Morgan fingerprint density at radius 1 is 1.10 bits per heavy atom. The maximum Gasteiger partial charge on any atom is 0.229 e. The molecule has 2 heterocycles. The first kappa shape index (κ1) is 18.3. The number of fused-ring (bicyclic) bond motifs is 3. The van der Waals surface area contributed by atoms with Gasteiger partial charge in [0, 0.05) is 16.5 Å². The number of hydrogen-bond donors (Lipinski definition) is 1. The molecule has 4 aromatic rings. The van der Waals surface area contributed by atoms with Crippen molar-refractivity contribution in [2.24, 2.45) is 0 Å². The first-order valence-electron chi connectivity index (χ1n) is 9.28. The van der Waals surface area contributed by atoms with Crippen molar-refractivity contribution in [3.05, 3.63) is 52.5 Å². The van der Waals surface area contributed by atoms with E-state index in [0.29, 0.717) is 22.4 Å². The zero-order valence-electron chi connectivity index (χ0n) is 15.8. The third-order valence-electron chi connectivity index (χ3n) is 5.24. The number of benzene rings is 2. The fraction of sp³-hybridized carbons (Fsp3) is 0.250. The lowest BCUT2D eigenvalue weighted by Crippen LogP contribution is -2.08. The van der Waals surface area contributed by atoms with Gasteiger partial charge >= 0.3 is 0 Å². The van der Waals surface area contributed by atoms with Gasteiger partial charge in [-0.3, -0.25) is 0 Å². The van der Waals surface area contributed by atoms with Crippen LogP contribution >= 0.6 is 11.6 Å². The molecule has 7 nitrogen and oxygen atoms in total. The van der Waals surface area contributed by atoms with Crippen LogP contribution in [0.5, 0.6) is 0 Å². The van der Waals surface area contributed by atoms with Gasteiger partial charge in [-0.2, -0.15) is 4.52 Å². The molecule has 1 N–H and O–H groups in total. The fourth-order valence-corrected chi connectivity index (χ4v) is 4.76. The predicted molar refractivity (Wildman–Crippen MR) is 111 cm³/mol. The van der Waals surface area contributed by atoms with E-state index in [4.69, 9.17) is 11.6 Å². The average molecular weight is 428 g/mol. The lowest BCUT2D eigenvalue weighted by Gasteiger charge is -2.10. The summed E-state index contributed by atoms with van der Waals surface area (Å²) in [5, 5.41) is 12.7. The van der Waals surface area contributed by atoms with Crippen molar-refractivity contribution >= 4 is 43.8 Å². The second kappa shape index (κ2) is 6.40. The molecule has 148 valence electrons. The Morgan fingerprint density at radius 3 is 2.62 bits per heavy atom. The minimum Gasteiger partial charge on any atom is -0.367 e. The van der Waals surface area contributed by atoms with E-state index in [2.05, 4.69) is 20.6 Å². The van der Waals surface area contributed by atoms with Crippen molar-refractivity contribution in [2.45, 2.75) is 42.7 Å². The summed E-state index contributed by atoms with van der Waals surface area (Å²) >= 11 is 6.18. The van der Waals surface area contributed by atoms with Crippen LogP contribution < -0.4 is 5.32 Å². The quantitative estimate of drug-likeness (QED) is 0.530. The van der Waals surface area contributed by atoms with Crippen molar-refractivity contribution in [3.63, 3.8) is 0 Å². The molecule has 0 spiro atoms. The normalized spacial score (nSPS) is 14.6. The van der Waals surface area contributed by atoms with Crippen molar-refractivity contribution in [3.8, 4) is 0 Å². The van der Waals surface area contributed by atoms with Gasteiger partial charge in [-0.15, -0.1) is 5.10 Å². The molecule has 29 heavy (non-hydrogen) atoms. The number of aryl methyl sites for hydroxylation is 2. The zero-order chi connectivity index (χ0) is 20.3. The summed E-state index contributed by atoms with van der Waals surface area (Å²) < 4.78 is 28.1. The lowest BCUT2D eigenvalue weighted by atomic mass is 10.1. The molecule has 1 saturated carbocycles. The van der Waals surface area contributed by atoms with Crippen molar-refractivity contribution in [2.75, 3.05) is 5.32 Å². The first-order chi connectivity index (χ1) is 13.8. The molecule has 0 amide bonds. The summed E-state index contributed by atoms with van der Waals surface area (Å²) in [7, 11) is -3.88. The Hall–Kier alpha value is -2.71. The van der Waals surface area contributed by atoms with E-state index < -0.39 is 9.84 Å². The fourth-order valence-electron chi connectivity index (χ4n) is 3.27. The number of hydrogen-bond acceptors (Lipinski definition) is 6. The maximum atomic E-state index is 13.3. The molecular weight excluding hydrogens is 410 g/mol. The number of anilines is 1. The van der Waals surface area contributed by atoms with E-state index >= 15 is 0 Å². The highest BCUT2D eigenvalue weighted by molar-refractivity contribution is 7.91. The van der Waals surface area contributed by atoms with Gasteiger partial charge in [0.05, 0.1) is 10.4 Å². The second-order valence-corrected chi connectivity index (χ2v) is 9.72. The third kappa shape index (κ3) is 3.03. The van der Waals surface area contributed by atoms with E-state index in [0.717, 1.165) is 29.4 Å². The minimum atomic E-state index is -3.88. The molecule has 0 atom stereocenters. The summed E-state index contributed by atoms with van der Waals surface area (Å²) in [6, 6.07) is 10.7. The Kier molecular flexibility index (Phi) is 4.04. The smallest absolute Gasteiger partial charge is 0.229 e. The van der Waals surface area contributed by atoms with Gasteiger partial charge in [-0.1, -0.05) is 22.9 Å².